The fourth-order valence-electron chi connectivity index (χ4n) is 10.2. The van der Waals surface area contributed by atoms with Crippen LogP contribution in [-0.2, 0) is 24.8 Å². The van der Waals surface area contributed by atoms with Crippen molar-refractivity contribution >= 4 is 27.5 Å². The van der Waals surface area contributed by atoms with E-state index in [0.717, 1.165) is 89.4 Å². The Bertz CT molecular complexity index is 1800. The fraction of sp³-hybridized carbons (Fsp3) is 0.610. The summed E-state index contributed by atoms with van der Waals surface area (Å²) in [7, 11) is -2.41. The number of piperidine rings is 2. The summed E-state index contributed by atoms with van der Waals surface area (Å²) in [4.78, 5) is 33.0. The van der Waals surface area contributed by atoms with Crippen molar-refractivity contribution in [3.63, 3.8) is 0 Å². The van der Waals surface area contributed by atoms with E-state index < -0.39 is 27.0 Å². The minimum atomic E-state index is -3.81. The first-order valence-corrected chi connectivity index (χ1v) is 21.3. The van der Waals surface area contributed by atoms with Gasteiger partial charge >= 0.3 is 6.09 Å². The Labute approximate surface area is 318 Å². The molecule has 0 radical (unpaired) electrons. The summed E-state index contributed by atoms with van der Waals surface area (Å²) in [5.74, 6) is -0.244. The molecule has 0 aromatic heterocycles. The molecule has 13 heteroatoms. The van der Waals surface area contributed by atoms with Crippen molar-refractivity contribution in [2.75, 3.05) is 77.5 Å². The Morgan fingerprint density at radius 3 is 2.37 bits per heavy atom. The summed E-state index contributed by atoms with van der Waals surface area (Å²) in [5.41, 5.74) is 1.13. The van der Waals surface area contributed by atoms with Crippen LogP contribution in [0.2, 0.25) is 0 Å². The van der Waals surface area contributed by atoms with Crippen LogP contribution in [0.3, 0.4) is 0 Å². The summed E-state index contributed by atoms with van der Waals surface area (Å²) in [6, 6.07) is 11.4. The number of nitrogens with one attached hydrogen (secondary N) is 1. The Morgan fingerprint density at radius 1 is 0.926 bits per heavy atom. The number of hydrogen-bond donors (Lipinski definition) is 1. The van der Waals surface area contributed by atoms with Gasteiger partial charge in [0.05, 0.1) is 22.9 Å². The number of hydrogen-bond acceptors (Lipinski definition) is 8. The van der Waals surface area contributed by atoms with Crippen molar-refractivity contribution in [2.45, 2.75) is 73.0 Å². The predicted octanol–water partition coefficient (Wildman–Crippen LogP) is 5.23. The van der Waals surface area contributed by atoms with E-state index in [1.54, 1.807) is 12.1 Å². The molecule has 0 bridgehead atoms. The zero-order valence-electron chi connectivity index (χ0n) is 31.4. The van der Waals surface area contributed by atoms with Crippen LogP contribution in [0.4, 0.5) is 19.3 Å². The molecule has 4 saturated heterocycles. The summed E-state index contributed by atoms with van der Waals surface area (Å²) in [6.07, 6.45) is 7.72. The van der Waals surface area contributed by atoms with Crippen LogP contribution in [0.15, 0.2) is 60.0 Å². The maximum absolute atomic E-state index is 15.5. The first-order valence-electron chi connectivity index (χ1n) is 19.8. The van der Waals surface area contributed by atoms with Gasteiger partial charge in [-0.2, -0.15) is 0 Å². The van der Waals surface area contributed by atoms with Crippen LogP contribution in [0, 0.1) is 29.4 Å². The van der Waals surface area contributed by atoms with Gasteiger partial charge in [-0.05, 0) is 125 Å². The molecule has 5 fully saturated rings. The average Bonchev–Trinajstić information content (AvgIpc) is 3.61. The van der Waals surface area contributed by atoms with Crippen molar-refractivity contribution in [1.29, 1.82) is 0 Å². The maximum atomic E-state index is 15.5. The standard InChI is InChI=1S/C41H55F2N5O5S/c1-3-39(49)47-19-6-10-34(27-47)54(51,52)33-13-14-38(36(43)23-33)48-25-29(26-48)24-45-20-15-30(16-21-45)41(28-46-17-7-18-46,31-8-4-9-32(42)22-31)35-11-5-12-37(35)44-40(50)53-2/h3-4,8-9,13-14,22-23,29-30,34-35,37H,1,5-7,10-12,15-21,24-28H2,2H3,(H,44,50)/t34-,35+,37+,41+/m1/s1. The maximum Gasteiger partial charge on any atom is 0.407 e. The number of carbonyl (C=O) groups is 2. The highest BCUT2D eigenvalue weighted by Crippen LogP contribution is 2.51. The van der Waals surface area contributed by atoms with E-state index in [1.807, 2.05) is 11.0 Å². The van der Waals surface area contributed by atoms with Crippen LogP contribution < -0.4 is 10.2 Å². The largest absolute Gasteiger partial charge is 0.453 e. The monoisotopic (exact) mass is 767 g/mol. The molecule has 4 atom stereocenters. The van der Waals surface area contributed by atoms with Crippen LogP contribution in [0.25, 0.3) is 0 Å². The predicted molar refractivity (Wildman–Crippen MR) is 204 cm³/mol. The van der Waals surface area contributed by atoms with Crippen molar-refractivity contribution in [3.05, 3.63) is 72.3 Å². The molecule has 0 unspecified atom stereocenters. The molecular formula is C41H55F2N5O5S. The van der Waals surface area contributed by atoms with Gasteiger partial charge in [0, 0.05) is 56.6 Å². The molecule has 4 heterocycles. The molecule has 2 aromatic rings. The molecule has 7 rings (SSSR count). The zero-order valence-corrected chi connectivity index (χ0v) is 32.3. The first kappa shape index (κ1) is 38.7. The Hall–Kier alpha value is -3.55. The number of halogens is 2. The number of amides is 2. The Kier molecular flexibility index (Phi) is 11.7. The highest BCUT2D eigenvalue weighted by Gasteiger charge is 2.53. The molecule has 1 N–H and O–H groups in total. The van der Waals surface area contributed by atoms with E-state index in [0.29, 0.717) is 50.0 Å². The number of rotatable bonds is 12. The van der Waals surface area contributed by atoms with Gasteiger partial charge in [0.2, 0.25) is 5.91 Å². The topological polar surface area (TPSA) is 103 Å². The Balaban J connectivity index is 0.996. The number of carbonyl (C=O) groups excluding carboxylic acids is 2. The lowest BCUT2D eigenvalue weighted by Gasteiger charge is -2.54. The molecule has 294 valence electrons. The molecular weight excluding hydrogens is 713 g/mol. The number of likely N-dealkylation sites (tertiary alicyclic amines) is 3. The van der Waals surface area contributed by atoms with E-state index in [1.165, 1.54) is 30.2 Å². The van der Waals surface area contributed by atoms with Gasteiger partial charge in [0.25, 0.3) is 0 Å². The van der Waals surface area contributed by atoms with Crippen LogP contribution in [-0.4, -0.2) is 119 Å². The number of benzene rings is 2. The third kappa shape index (κ3) is 7.77. The van der Waals surface area contributed by atoms with Crippen molar-refractivity contribution in [3.8, 4) is 0 Å². The quantitative estimate of drug-likeness (QED) is 0.293. The van der Waals surface area contributed by atoms with Crippen molar-refractivity contribution < 1.29 is 31.5 Å². The third-order valence-electron chi connectivity index (χ3n) is 13.1. The summed E-state index contributed by atoms with van der Waals surface area (Å²) in [6.45, 7) is 11.1. The second-order valence-electron chi connectivity index (χ2n) is 16.2. The summed E-state index contributed by atoms with van der Waals surface area (Å²) >= 11 is 0. The highest BCUT2D eigenvalue weighted by atomic mass is 32.2. The number of methoxy groups -OCH3 is 1. The first-order chi connectivity index (χ1) is 26.0. The number of alkyl carbamates (subject to hydrolysis) is 1. The molecule has 1 saturated carbocycles. The highest BCUT2D eigenvalue weighted by molar-refractivity contribution is 7.92. The van der Waals surface area contributed by atoms with E-state index in [-0.39, 0.29) is 40.5 Å². The van der Waals surface area contributed by atoms with Crippen LogP contribution in [0.1, 0.15) is 56.9 Å². The van der Waals surface area contributed by atoms with E-state index in [2.05, 4.69) is 27.8 Å². The normalized spacial score (nSPS) is 25.7. The fourth-order valence-corrected chi connectivity index (χ4v) is 12.0. The summed E-state index contributed by atoms with van der Waals surface area (Å²) < 4.78 is 62.4. The van der Waals surface area contributed by atoms with Gasteiger partial charge in [-0.15, -0.1) is 0 Å². The van der Waals surface area contributed by atoms with E-state index in [4.69, 9.17) is 4.74 Å². The summed E-state index contributed by atoms with van der Waals surface area (Å²) in [5, 5.41) is 2.39. The lowest BCUT2D eigenvalue weighted by Crippen LogP contribution is -2.60. The third-order valence-corrected chi connectivity index (χ3v) is 15.3. The van der Waals surface area contributed by atoms with Crippen molar-refractivity contribution in [1.82, 2.24) is 20.0 Å². The molecule has 54 heavy (non-hydrogen) atoms. The minimum Gasteiger partial charge on any atom is -0.453 e. The minimum absolute atomic E-state index is 0.0406. The second kappa shape index (κ2) is 16.3. The smallest absolute Gasteiger partial charge is 0.407 e. The second-order valence-corrected chi connectivity index (χ2v) is 18.4. The Morgan fingerprint density at radius 2 is 1.70 bits per heavy atom. The molecule has 1 aliphatic carbocycles. The van der Waals surface area contributed by atoms with Crippen LogP contribution in [0.5, 0.6) is 0 Å². The lowest BCUT2D eigenvalue weighted by molar-refractivity contribution is -0.126. The van der Waals surface area contributed by atoms with Crippen molar-refractivity contribution in [2.24, 2.45) is 17.8 Å². The van der Waals surface area contributed by atoms with Crippen LogP contribution >= 0.6 is 0 Å². The van der Waals surface area contributed by atoms with Gasteiger partial charge < -0.3 is 29.7 Å². The van der Waals surface area contributed by atoms with Gasteiger partial charge in [-0.1, -0.05) is 25.1 Å². The van der Waals surface area contributed by atoms with Gasteiger partial charge in [0.1, 0.15) is 11.6 Å². The van der Waals surface area contributed by atoms with E-state index >= 15 is 4.39 Å². The molecule has 10 nitrogen and oxygen atoms in total. The zero-order chi connectivity index (χ0) is 38.0. The van der Waals surface area contributed by atoms with Gasteiger partial charge in [-0.25, -0.2) is 22.0 Å². The van der Waals surface area contributed by atoms with E-state index in [9.17, 15) is 22.4 Å². The van der Waals surface area contributed by atoms with Gasteiger partial charge in [0.15, 0.2) is 9.84 Å². The lowest BCUT2D eigenvalue weighted by atomic mass is 9.57. The molecule has 5 aliphatic rings. The molecule has 4 aliphatic heterocycles. The number of anilines is 1. The average molecular weight is 768 g/mol. The number of ether oxygens (including phenoxy) is 1. The number of nitrogens with zero attached hydrogens (tertiary/aromatic N) is 4. The molecule has 2 aromatic carbocycles. The number of sulfone groups is 1. The molecule has 0 spiro atoms. The SMILES string of the molecule is C=CC(=O)N1CCC[C@@H](S(=O)(=O)c2ccc(N3CC(CN4CCC([C@@](CN5CCC5)(c5cccc(F)c5)[C@H]5CCC[C@@H]5NC(=O)OC)CC4)C3)c(F)c2)C1. The van der Waals surface area contributed by atoms with Gasteiger partial charge in [-0.3, -0.25) is 4.79 Å². The molecule has 2 amide bonds.